The van der Waals surface area contributed by atoms with E-state index in [-0.39, 0.29) is 0 Å². The molecule has 0 unspecified atom stereocenters. The first-order valence-electron chi connectivity index (χ1n) is 8.71. The zero-order valence-electron chi connectivity index (χ0n) is 15.0. The molecule has 26 heavy (non-hydrogen) atoms. The average Bonchev–Trinajstić information content (AvgIpc) is 3.10. The van der Waals surface area contributed by atoms with Crippen molar-refractivity contribution < 1.29 is 9.53 Å². The predicted molar refractivity (Wildman–Crippen MR) is 106 cm³/mol. The van der Waals surface area contributed by atoms with Crippen LogP contribution in [0.3, 0.4) is 0 Å². The molecular formula is C21H22N2O2S. The molecule has 0 aliphatic carbocycles. The third-order valence-corrected chi connectivity index (χ3v) is 5.35. The van der Waals surface area contributed by atoms with Crippen LogP contribution in [0.25, 0.3) is 10.6 Å². The minimum absolute atomic E-state index is 0.439. The summed E-state index contributed by atoms with van der Waals surface area (Å²) in [7, 11) is 0. The molecule has 0 atom stereocenters. The molecule has 0 fully saturated rings. The molecule has 2 N–H and O–H groups in total. The molecule has 1 amide bonds. The Morgan fingerprint density at radius 1 is 1.04 bits per heavy atom. The van der Waals surface area contributed by atoms with Gasteiger partial charge in [0.15, 0.2) is 0 Å². The van der Waals surface area contributed by atoms with Gasteiger partial charge >= 0.3 is 0 Å². The third-order valence-electron chi connectivity index (χ3n) is 4.23. The largest absolute Gasteiger partial charge is 0.488 e. The molecule has 3 rings (SSSR count). The molecule has 4 nitrogen and oxygen atoms in total. The second-order valence-electron chi connectivity index (χ2n) is 5.97. The molecule has 0 saturated heterocycles. The van der Waals surface area contributed by atoms with Crippen molar-refractivity contribution in [3.8, 4) is 16.3 Å². The van der Waals surface area contributed by atoms with Gasteiger partial charge in [0.25, 0.3) is 0 Å². The van der Waals surface area contributed by atoms with Crippen LogP contribution in [0.1, 0.15) is 40.3 Å². The number of primary amides is 1. The number of hydrogen-bond acceptors (Lipinski definition) is 4. The van der Waals surface area contributed by atoms with Gasteiger partial charge in [0.2, 0.25) is 5.91 Å². The molecular weight excluding hydrogens is 344 g/mol. The second kappa shape index (κ2) is 8.15. The van der Waals surface area contributed by atoms with Crippen molar-refractivity contribution in [3.05, 3.63) is 70.2 Å². The van der Waals surface area contributed by atoms with E-state index >= 15 is 0 Å². The number of thiazole rings is 1. The number of carbonyl (C=O) groups is 1. The minimum atomic E-state index is -0.439. The van der Waals surface area contributed by atoms with Crippen LogP contribution in [0.4, 0.5) is 0 Å². The lowest BCUT2D eigenvalue weighted by Crippen LogP contribution is -2.10. The molecule has 0 bridgehead atoms. The summed E-state index contributed by atoms with van der Waals surface area (Å²) in [6.45, 7) is 4.72. The van der Waals surface area contributed by atoms with Crippen molar-refractivity contribution in [1.82, 2.24) is 4.98 Å². The highest BCUT2D eigenvalue weighted by molar-refractivity contribution is 7.15. The van der Waals surface area contributed by atoms with E-state index in [0.29, 0.717) is 17.9 Å². The molecule has 0 radical (unpaired) electrons. The quantitative estimate of drug-likeness (QED) is 0.664. The summed E-state index contributed by atoms with van der Waals surface area (Å²) in [5, 5.41) is 1.02. The van der Waals surface area contributed by atoms with Gasteiger partial charge < -0.3 is 10.5 Å². The van der Waals surface area contributed by atoms with Crippen LogP contribution in [-0.4, -0.2) is 10.9 Å². The summed E-state index contributed by atoms with van der Waals surface area (Å²) in [5.74, 6) is 0.269. The number of rotatable bonds is 7. The van der Waals surface area contributed by atoms with E-state index in [0.717, 1.165) is 34.0 Å². The fourth-order valence-electron chi connectivity index (χ4n) is 2.64. The van der Waals surface area contributed by atoms with E-state index in [1.807, 2.05) is 0 Å². The summed E-state index contributed by atoms with van der Waals surface area (Å²) in [6.07, 6.45) is 1.90. The Hall–Kier alpha value is -2.66. The number of hydrogen-bond donors (Lipinski definition) is 1. The van der Waals surface area contributed by atoms with Gasteiger partial charge in [-0.15, -0.1) is 11.3 Å². The lowest BCUT2D eigenvalue weighted by atomic mass is 10.1. The second-order valence-corrected chi connectivity index (χ2v) is 7.05. The molecule has 5 heteroatoms. The van der Waals surface area contributed by atoms with E-state index in [4.69, 9.17) is 15.5 Å². The highest BCUT2D eigenvalue weighted by Crippen LogP contribution is 2.30. The van der Waals surface area contributed by atoms with Crippen LogP contribution < -0.4 is 10.5 Å². The zero-order chi connectivity index (χ0) is 18.5. The zero-order valence-corrected chi connectivity index (χ0v) is 15.8. The SMILES string of the molecule is CCc1ccc(-c2nc(CC)c(COc3ccc(C(N)=O)cc3)s2)cc1. The van der Waals surface area contributed by atoms with Crippen molar-refractivity contribution >= 4 is 17.2 Å². The molecule has 3 aromatic rings. The van der Waals surface area contributed by atoms with E-state index in [1.54, 1.807) is 35.6 Å². The number of carbonyl (C=O) groups excluding carboxylic acids is 1. The molecule has 0 spiro atoms. The highest BCUT2D eigenvalue weighted by atomic mass is 32.1. The fourth-order valence-corrected chi connectivity index (χ4v) is 3.71. The van der Waals surface area contributed by atoms with Gasteiger partial charge in [0, 0.05) is 11.1 Å². The maximum Gasteiger partial charge on any atom is 0.248 e. The number of nitrogens with zero attached hydrogens (tertiary/aromatic N) is 1. The Morgan fingerprint density at radius 2 is 1.73 bits per heavy atom. The molecule has 134 valence electrons. The third kappa shape index (κ3) is 4.11. The van der Waals surface area contributed by atoms with Crippen LogP contribution >= 0.6 is 11.3 Å². The molecule has 2 aromatic carbocycles. The summed E-state index contributed by atoms with van der Waals surface area (Å²) in [4.78, 5) is 17.0. The lowest BCUT2D eigenvalue weighted by Gasteiger charge is -2.06. The topological polar surface area (TPSA) is 65.2 Å². The van der Waals surface area contributed by atoms with Crippen molar-refractivity contribution in [2.45, 2.75) is 33.3 Å². The van der Waals surface area contributed by atoms with Crippen molar-refractivity contribution in [3.63, 3.8) is 0 Å². The van der Waals surface area contributed by atoms with Gasteiger partial charge in [-0.05, 0) is 42.7 Å². The Bertz CT molecular complexity index is 883. The van der Waals surface area contributed by atoms with Crippen molar-refractivity contribution in [2.75, 3.05) is 0 Å². The number of ether oxygens (including phenoxy) is 1. The van der Waals surface area contributed by atoms with Crippen LogP contribution in [0, 0.1) is 0 Å². The first-order chi connectivity index (χ1) is 12.6. The van der Waals surface area contributed by atoms with Crippen molar-refractivity contribution in [2.24, 2.45) is 5.73 Å². The maximum atomic E-state index is 11.1. The summed E-state index contributed by atoms with van der Waals surface area (Å²) >= 11 is 1.67. The number of aryl methyl sites for hydroxylation is 2. The van der Waals surface area contributed by atoms with Crippen LogP contribution in [0.5, 0.6) is 5.75 Å². The number of nitrogens with two attached hydrogens (primary N) is 1. The van der Waals surface area contributed by atoms with Crippen LogP contribution in [0.2, 0.25) is 0 Å². The monoisotopic (exact) mass is 366 g/mol. The molecule has 0 saturated carbocycles. The molecule has 0 aliphatic rings. The number of benzene rings is 2. The smallest absolute Gasteiger partial charge is 0.248 e. The number of amides is 1. The highest BCUT2D eigenvalue weighted by Gasteiger charge is 2.12. The van der Waals surface area contributed by atoms with Crippen LogP contribution in [0.15, 0.2) is 48.5 Å². The van der Waals surface area contributed by atoms with Gasteiger partial charge in [0.1, 0.15) is 17.4 Å². The maximum absolute atomic E-state index is 11.1. The van der Waals surface area contributed by atoms with Gasteiger partial charge in [-0.2, -0.15) is 0 Å². The summed E-state index contributed by atoms with van der Waals surface area (Å²) in [5.41, 5.74) is 9.26. The molecule has 0 aliphatic heterocycles. The molecule has 1 heterocycles. The Kier molecular flexibility index (Phi) is 5.68. The van der Waals surface area contributed by atoms with Gasteiger partial charge in [-0.1, -0.05) is 38.1 Å². The van der Waals surface area contributed by atoms with Crippen LogP contribution in [-0.2, 0) is 19.4 Å². The fraction of sp³-hybridized carbons (Fsp3) is 0.238. The Labute approximate surface area is 157 Å². The summed E-state index contributed by atoms with van der Waals surface area (Å²) < 4.78 is 5.87. The first kappa shape index (κ1) is 18.1. The normalized spacial score (nSPS) is 10.7. The van der Waals surface area contributed by atoms with Gasteiger partial charge in [0.05, 0.1) is 10.6 Å². The van der Waals surface area contributed by atoms with Gasteiger partial charge in [-0.25, -0.2) is 4.98 Å². The lowest BCUT2D eigenvalue weighted by molar-refractivity contribution is 0.1000. The Morgan fingerprint density at radius 3 is 2.31 bits per heavy atom. The first-order valence-corrected chi connectivity index (χ1v) is 9.53. The molecule has 1 aromatic heterocycles. The van der Waals surface area contributed by atoms with E-state index in [9.17, 15) is 4.79 Å². The van der Waals surface area contributed by atoms with Gasteiger partial charge in [-0.3, -0.25) is 4.79 Å². The van der Waals surface area contributed by atoms with E-state index < -0.39 is 5.91 Å². The summed E-state index contributed by atoms with van der Waals surface area (Å²) in [6, 6.07) is 15.4. The standard InChI is InChI=1S/C21H22N2O2S/c1-3-14-5-7-16(8-6-14)21-23-18(4-2)19(26-21)13-25-17-11-9-15(10-12-17)20(22)24/h5-12H,3-4,13H2,1-2H3,(H2,22,24). The average molecular weight is 366 g/mol. The Balaban J connectivity index is 1.74. The predicted octanol–water partition coefficient (Wildman–Crippen LogP) is 4.61. The minimum Gasteiger partial charge on any atom is -0.488 e. The number of aromatic nitrogens is 1. The van der Waals surface area contributed by atoms with E-state index in [2.05, 4.69) is 38.1 Å². The van der Waals surface area contributed by atoms with E-state index in [1.165, 1.54) is 5.56 Å². The van der Waals surface area contributed by atoms with Crippen molar-refractivity contribution in [1.29, 1.82) is 0 Å².